The molecule has 0 spiro atoms. The van der Waals surface area contributed by atoms with Crippen molar-refractivity contribution in [1.82, 2.24) is 10.2 Å². The standard InChI is InChI=1S/C27H39N3O5S/c1-7-24(27(32)28-8-2)29(19-22-13-10-14-23(18-22)35-5)26(31)16-11-17-30(36(6,33)34)25-15-9-12-20(3)21(25)4/h9-10,12-15,18,24H,7-8,11,16-17,19H2,1-6H3,(H,28,32). The summed E-state index contributed by atoms with van der Waals surface area (Å²) in [4.78, 5) is 27.8. The van der Waals surface area contributed by atoms with Gasteiger partial charge < -0.3 is 15.0 Å². The van der Waals surface area contributed by atoms with Gasteiger partial charge in [-0.25, -0.2) is 8.42 Å². The molecule has 0 fully saturated rings. The van der Waals surface area contributed by atoms with Crippen molar-refractivity contribution < 1.29 is 22.7 Å². The van der Waals surface area contributed by atoms with E-state index in [1.54, 1.807) is 18.1 Å². The van der Waals surface area contributed by atoms with Crippen molar-refractivity contribution in [3.8, 4) is 5.75 Å². The monoisotopic (exact) mass is 517 g/mol. The fraction of sp³-hybridized carbons (Fsp3) is 0.481. The summed E-state index contributed by atoms with van der Waals surface area (Å²) in [6, 6.07) is 12.3. The van der Waals surface area contributed by atoms with Gasteiger partial charge in [-0.05, 0) is 68.5 Å². The average molecular weight is 518 g/mol. The molecular formula is C27H39N3O5S. The highest BCUT2D eigenvalue weighted by molar-refractivity contribution is 7.92. The molecule has 2 amide bonds. The molecule has 2 aromatic carbocycles. The lowest BCUT2D eigenvalue weighted by Crippen LogP contribution is -2.49. The molecule has 0 aliphatic rings. The SMILES string of the molecule is CCNC(=O)C(CC)N(Cc1cccc(OC)c1)C(=O)CCCN(c1cccc(C)c1C)S(C)(=O)=O. The Bertz CT molecular complexity index is 1150. The van der Waals surface area contributed by atoms with Gasteiger partial charge in [0.05, 0.1) is 19.1 Å². The van der Waals surface area contributed by atoms with E-state index in [0.717, 1.165) is 16.7 Å². The van der Waals surface area contributed by atoms with Crippen LogP contribution < -0.4 is 14.4 Å². The number of methoxy groups -OCH3 is 1. The molecule has 9 heteroatoms. The predicted molar refractivity (Wildman–Crippen MR) is 144 cm³/mol. The van der Waals surface area contributed by atoms with Gasteiger partial charge in [-0.1, -0.05) is 31.2 Å². The third kappa shape index (κ3) is 7.71. The quantitative estimate of drug-likeness (QED) is 0.436. The molecule has 36 heavy (non-hydrogen) atoms. The van der Waals surface area contributed by atoms with Gasteiger partial charge in [0, 0.05) is 26.1 Å². The molecule has 0 aliphatic carbocycles. The number of aryl methyl sites for hydroxylation is 1. The minimum absolute atomic E-state index is 0.108. The number of hydrogen-bond donors (Lipinski definition) is 1. The molecular weight excluding hydrogens is 478 g/mol. The Balaban J connectivity index is 2.25. The summed E-state index contributed by atoms with van der Waals surface area (Å²) in [6.07, 6.45) is 2.06. The van der Waals surface area contributed by atoms with Crippen molar-refractivity contribution in [1.29, 1.82) is 0 Å². The van der Waals surface area contributed by atoms with Crippen LogP contribution in [0.15, 0.2) is 42.5 Å². The first-order chi connectivity index (χ1) is 17.0. The second kappa shape index (κ2) is 13.3. The van der Waals surface area contributed by atoms with Crippen LogP contribution >= 0.6 is 0 Å². The first-order valence-electron chi connectivity index (χ1n) is 12.3. The van der Waals surface area contributed by atoms with Gasteiger partial charge in [0.2, 0.25) is 21.8 Å². The Hall–Kier alpha value is -3.07. The molecule has 0 saturated heterocycles. The molecule has 1 atom stereocenters. The highest BCUT2D eigenvalue weighted by Gasteiger charge is 2.29. The number of amides is 2. The molecule has 0 radical (unpaired) electrons. The van der Waals surface area contributed by atoms with E-state index in [4.69, 9.17) is 4.74 Å². The summed E-state index contributed by atoms with van der Waals surface area (Å²) in [5, 5.41) is 2.82. The van der Waals surface area contributed by atoms with Crippen LogP contribution in [-0.2, 0) is 26.2 Å². The van der Waals surface area contributed by atoms with E-state index >= 15 is 0 Å². The fourth-order valence-corrected chi connectivity index (χ4v) is 5.18. The van der Waals surface area contributed by atoms with E-state index < -0.39 is 16.1 Å². The summed E-state index contributed by atoms with van der Waals surface area (Å²) in [7, 11) is -1.96. The smallest absolute Gasteiger partial charge is 0.242 e. The molecule has 1 N–H and O–H groups in total. The first-order valence-corrected chi connectivity index (χ1v) is 14.1. The normalized spacial score (nSPS) is 12.1. The predicted octanol–water partition coefficient (Wildman–Crippen LogP) is 3.80. The Kier molecular flexibility index (Phi) is 10.8. The van der Waals surface area contributed by atoms with Crippen LogP contribution in [0.1, 0.15) is 49.8 Å². The Morgan fingerprint density at radius 1 is 1.08 bits per heavy atom. The number of anilines is 1. The lowest BCUT2D eigenvalue weighted by Gasteiger charge is -2.31. The maximum atomic E-state index is 13.4. The van der Waals surface area contributed by atoms with E-state index in [1.807, 2.05) is 64.1 Å². The zero-order valence-corrected chi connectivity index (χ0v) is 23.0. The van der Waals surface area contributed by atoms with E-state index in [9.17, 15) is 18.0 Å². The molecule has 0 heterocycles. The molecule has 198 valence electrons. The molecule has 0 saturated carbocycles. The van der Waals surface area contributed by atoms with Crippen molar-refractivity contribution in [2.24, 2.45) is 0 Å². The van der Waals surface area contributed by atoms with Crippen molar-refractivity contribution >= 4 is 27.5 Å². The van der Waals surface area contributed by atoms with Crippen LogP contribution in [0.25, 0.3) is 0 Å². The van der Waals surface area contributed by atoms with Crippen molar-refractivity contribution in [2.75, 3.05) is 30.8 Å². The first kappa shape index (κ1) is 29.2. The number of likely N-dealkylation sites (N-methyl/N-ethyl adjacent to an activating group) is 1. The zero-order valence-electron chi connectivity index (χ0n) is 22.2. The molecule has 2 aromatic rings. The number of benzene rings is 2. The number of hydrogen-bond acceptors (Lipinski definition) is 5. The van der Waals surface area contributed by atoms with E-state index in [0.29, 0.717) is 30.8 Å². The van der Waals surface area contributed by atoms with E-state index in [2.05, 4.69) is 5.32 Å². The van der Waals surface area contributed by atoms with E-state index in [1.165, 1.54) is 10.6 Å². The minimum Gasteiger partial charge on any atom is -0.497 e. The molecule has 0 aliphatic heterocycles. The molecule has 0 aromatic heterocycles. The number of nitrogens with zero attached hydrogens (tertiary/aromatic N) is 2. The molecule has 2 rings (SSSR count). The van der Waals surface area contributed by atoms with Gasteiger partial charge in [-0.3, -0.25) is 13.9 Å². The third-order valence-corrected chi connectivity index (χ3v) is 7.40. The summed E-state index contributed by atoms with van der Waals surface area (Å²) in [5.74, 6) is 0.262. The van der Waals surface area contributed by atoms with Crippen molar-refractivity contribution in [3.05, 3.63) is 59.2 Å². The minimum atomic E-state index is -3.54. The summed E-state index contributed by atoms with van der Waals surface area (Å²) >= 11 is 0. The van der Waals surface area contributed by atoms with Gasteiger partial charge in [0.1, 0.15) is 11.8 Å². The van der Waals surface area contributed by atoms with Gasteiger partial charge >= 0.3 is 0 Å². The maximum Gasteiger partial charge on any atom is 0.242 e. The Morgan fingerprint density at radius 3 is 2.39 bits per heavy atom. The van der Waals surface area contributed by atoms with Crippen LogP contribution in [0.5, 0.6) is 5.75 Å². The molecule has 0 bridgehead atoms. The van der Waals surface area contributed by atoms with Gasteiger partial charge in [0.15, 0.2) is 0 Å². The van der Waals surface area contributed by atoms with Crippen LogP contribution in [0, 0.1) is 13.8 Å². The number of sulfonamides is 1. The van der Waals surface area contributed by atoms with Crippen LogP contribution in [-0.4, -0.2) is 57.6 Å². The largest absolute Gasteiger partial charge is 0.497 e. The van der Waals surface area contributed by atoms with Crippen LogP contribution in [0.3, 0.4) is 0 Å². The highest BCUT2D eigenvalue weighted by atomic mass is 32.2. The Morgan fingerprint density at radius 2 is 1.78 bits per heavy atom. The average Bonchev–Trinajstić information content (AvgIpc) is 2.83. The maximum absolute atomic E-state index is 13.4. The summed E-state index contributed by atoms with van der Waals surface area (Å²) in [6.45, 7) is 8.42. The van der Waals surface area contributed by atoms with Gasteiger partial charge in [-0.2, -0.15) is 0 Å². The van der Waals surface area contributed by atoms with Crippen LogP contribution in [0.2, 0.25) is 0 Å². The van der Waals surface area contributed by atoms with E-state index in [-0.39, 0.29) is 31.3 Å². The number of ether oxygens (including phenoxy) is 1. The fourth-order valence-electron chi connectivity index (χ4n) is 4.17. The topological polar surface area (TPSA) is 96.0 Å². The lowest BCUT2D eigenvalue weighted by atomic mass is 10.1. The van der Waals surface area contributed by atoms with Gasteiger partial charge in [-0.15, -0.1) is 0 Å². The molecule has 1 unspecified atom stereocenters. The second-order valence-electron chi connectivity index (χ2n) is 8.85. The second-order valence-corrected chi connectivity index (χ2v) is 10.8. The van der Waals surface area contributed by atoms with Crippen LogP contribution in [0.4, 0.5) is 5.69 Å². The third-order valence-electron chi connectivity index (χ3n) is 6.22. The summed E-state index contributed by atoms with van der Waals surface area (Å²) < 4.78 is 31.8. The molecule has 8 nitrogen and oxygen atoms in total. The number of carbonyl (C=O) groups excluding carboxylic acids is 2. The van der Waals surface area contributed by atoms with Gasteiger partial charge in [0.25, 0.3) is 0 Å². The van der Waals surface area contributed by atoms with Crippen molar-refractivity contribution in [2.45, 2.75) is 59.5 Å². The lowest BCUT2D eigenvalue weighted by molar-refractivity contribution is -0.141. The number of carbonyl (C=O) groups is 2. The highest BCUT2D eigenvalue weighted by Crippen LogP contribution is 2.26. The van der Waals surface area contributed by atoms with Crippen molar-refractivity contribution in [3.63, 3.8) is 0 Å². The number of nitrogens with one attached hydrogen (secondary N) is 1. The Labute approximate surface area is 215 Å². The summed E-state index contributed by atoms with van der Waals surface area (Å²) in [5.41, 5.74) is 3.34. The number of rotatable bonds is 13. The zero-order chi connectivity index (χ0) is 26.9.